The lowest BCUT2D eigenvalue weighted by molar-refractivity contribution is -0.150. The van der Waals surface area contributed by atoms with Crippen LogP contribution in [0.15, 0.2) is 0 Å². The predicted molar refractivity (Wildman–Crippen MR) is 129 cm³/mol. The van der Waals surface area contributed by atoms with Gasteiger partial charge in [0.15, 0.2) is 0 Å². The highest BCUT2D eigenvalue weighted by Gasteiger charge is 2.32. The number of amides is 1. The summed E-state index contributed by atoms with van der Waals surface area (Å²) in [6.45, 7) is 10.8. The molecule has 0 rings (SSSR count). The number of rotatable bonds is 19. The molecule has 0 saturated heterocycles. The molecule has 0 aliphatic heterocycles. The average Bonchev–Trinajstić information content (AvgIpc) is 2.71. The highest BCUT2D eigenvalue weighted by molar-refractivity contribution is 5.81. The van der Waals surface area contributed by atoms with Gasteiger partial charge in [-0.3, -0.25) is 4.90 Å². The fourth-order valence-corrected chi connectivity index (χ4v) is 3.71. The van der Waals surface area contributed by atoms with Crippen molar-refractivity contribution in [2.45, 2.75) is 124 Å². The number of carbonyl (C=O) groups excluding carboxylic acids is 2. The molecule has 1 amide bonds. The van der Waals surface area contributed by atoms with Gasteiger partial charge in [0.2, 0.25) is 0 Å². The van der Waals surface area contributed by atoms with E-state index in [0.717, 1.165) is 12.8 Å². The first-order valence-electron chi connectivity index (χ1n) is 12.9. The normalized spacial score (nSPS) is 12.3. The summed E-state index contributed by atoms with van der Waals surface area (Å²) in [4.78, 5) is 26.1. The molecule has 1 atom stereocenters. The Balaban J connectivity index is 3.84. The van der Waals surface area contributed by atoms with Crippen molar-refractivity contribution in [1.82, 2.24) is 4.90 Å². The van der Waals surface area contributed by atoms with E-state index in [1.807, 2.05) is 27.7 Å². The molecule has 5 heteroatoms. The highest BCUT2D eigenvalue weighted by Crippen LogP contribution is 2.15. The zero-order valence-corrected chi connectivity index (χ0v) is 21.4. The van der Waals surface area contributed by atoms with E-state index in [9.17, 15) is 9.59 Å². The second-order valence-corrected chi connectivity index (χ2v) is 9.68. The van der Waals surface area contributed by atoms with Crippen LogP contribution in [0.5, 0.6) is 0 Å². The summed E-state index contributed by atoms with van der Waals surface area (Å²) in [5, 5.41) is 0. The quantitative estimate of drug-likeness (QED) is 0.155. The zero-order chi connectivity index (χ0) is 23.5. The molecule has 0 aliphatic rings. The van der Waals surface area contributed by atoms with Crippen molar-refractivity contribution in [3.8, 4) is 0 Å². The Labute approximate surface area is 192 Å². The van der Waals surface area contributed by atoms with Crippen LogP contribution in [0.2, 0.25) is 0 Å². The molecule has 0 bridgehead atoms. The van der Waals surface area contributed by atoms with Crippen molar-refractivity contribution >= 4 is 12.1 Å². The van der Waals surface area contributed by atoms with Gasteiger partial charge in [-0.15, -0.1) is 0 Å². The van der Waals surface area contributed by atoms with E-state index in [0.29, 0.717) is 13.2 Å². The number of unbranched alkanes of at least 4 members (excludes halogenated alkanes) is 12. The van der Waals surface area contributed by atoms with Crippen LogP contribution in [0.3, 0.4) is 0 Å². The molecular weight excluding hydrogens is 390 g/mol. The molecule has 0 radical (unpaired) electrons. The standard InChI is InChI=1S/C26H51NO4/c1-7-8-9-10-11-12-13-14-15-16-17-18-19-20-30-25(28)24(23(4)5)27(6)26(29)31-21-22(2)3/h22-24H,7-21H2,1-6H3. The summed E-state index contributed by atoms with van der Waals surface area (Å²) in [5.74, 6) is -0.106. The maximum Gasteiger partial charge on any atom is 0.410 e. The molecule has 0 aromatic heterocycles. The van der Waals surface area contributed by atoms with Crippen molar-refractivity contribution in [2.75, 3.05) is 20.3 Å². The van der Waals surface area contributed by atoms with Crippen LogP contribution in [-0.2, 0) is 14.3 Å². The minimum Gasteiger partial charge on any atom is -0.464 e. The van der Waals surface area contributed by atoms with Gasteiger partial charge >= 0.3 is 12.1 Å². The molecule has 0 aromatic carbocycles. The number of hydrogen-bond donors (Lipinski definition) is 0. The molecule has 0 fully saturated rings. The Hall–Kier alpha value is -1.26. The summed E-state index contributed by atoms with van der Waals surface area (Å²) >= 11 is 0. The van der Waals surface area contributed by atoms with Crippen LogP contribution >= 0.6 is 0 Å². The van der Waals surface area contributed by atoms with E-state index in [4.69, 9.17) is 9.47 Å². The highest BCUT2D eigenvalue weighted by atomic mass is 16.6. The summed E-state index contributed by atoms with van der Waals surface area (Å²) in [7, 11) is 1.61. The van der Waals surface area contributed by atoms with Gasteiger partial charge in [-0.1, -0.05) is 112 Å². The van der Waals surface area contributed by atoms with Gasteiger partial charge in [0.25, 0.3) is 0 Å². The SMILES string of the molecule is CCCCCCCCCCCCCCCOC(=O)C(C(C)C)N(C)C(=O)OCC(C)C. The summed E-state index contributed by atoms with van der Waals surface area (Å²) in [6, 6.07) is -0.610. The lowest BCUT2D eigenvalue weighted by atomic mass is 10.0. The Bertz CT molecular complexity index is 451. The number of ether oxygens (including phenoxy) is 2. The minimum absolute atomic E-state index is 0.0317. The molecular formula is C26H51NO4. The van der Waals surface area contributed by atoms with E-state index < -0.39 is 12.1 Å². The summed E-state index contributed by atoms with van der Waals surface area (Å²) in [6.07, 6.45) is 16.3. The van der Waals surface area contributed by atoms with Crippen LogP contribution in [-0.4, -0.2) is 43.3 Å². The van der Waals surface area contributed by atoms with Crippen LogP contribution < -0.4 is 0 Å². The van der Waals surface area contributed by atoms with Crippen LogP contribution in [0.25, 0.3) is 0 Å². The summed E-state index contributed by atoms with van der Waals surface area (Å²) < 4.78 is 10.7. The first-order valence-corrected chi connectivity index (χ1v) is 12.9. The van der Waals surface area contributed by atoms with Crippen molar-refractivity contribution in [3.63, 3.8) is 0 Å². The number of hydrogen-bond acceptors (Lipinski definition) is 4. The molecule has 5 nitrogen and oxygen atoms in total. The van der Waals surface area contributed by atoms with Crippen LogP contribution in [0.4, 0.5) is 4.79 Å². The Morgan fingerprint density at radius 3 is 1.58 bits per heavy atom. The second-order valence-electron chi connectivity index (χ2n) is 9.68. The third kappa shape index (κ3) is 16.1. The Morgan fingerprint density at radius 2 is 1.16 bits per heavy atom. The number of likely N-dealkylation sites (N-methyl/N-ethyl adjacent to an activating group) is 1. The van der Waals surface area contributed by atoms with Crippen LogP contribution in [0.1, 0.15) is 118 Å². The second kappa shape index (κ2) is 19.4. The smallest absolute Gasteiger partial charge is 0.410 e. The minimum atomic E-state index is -0.610. The van der Waals surface area contributed by atoms with Crippen LogP contribution in [0, 0.1) is 11.8 Å². The molecule has 0 aromatic rings. The van der Waals surface area contributed by atoms with E-state index >= 15 is 0 Å². The van der Waals surface area contributed by atoms with Crippen molar-refractivity contribution in [1.29, 1.82) is 0 Å². The maximum absolute atomic E-state index is 12.5. The van der Waals surface area contributed by atoms with E-state index in [1.54, 1.807) is 7.05 Å². The predicted octanol–water partition coefficient (Wildman–Crippen LogP) is 7.37. The molecule has 1 unspecified atom stereocenters. The van der Waals surface area contributed by atoms with Crippen molar-refractivity contribution in [2.24, 2.45) is 11.8 Å². The summed E-state index contributed by atoms with van der Waals surface area (Å²) in [5.41, 5.74) is 0. The third-order valence-electron chi connectivity index (χ3n) is 5.61. The third-order valence-corrected chi connectivity index (χ3v) is 5.61. The first kappa shape index (κ1) is 29.7. The van der Waals surface area contributed by atoms with Gasteiger partial charge in [-0.2, -0.15) is 0 Å². The van der Waals surface area contributed by atoms with E-state index in [2.05, 4.69) is 6.92 Å². The lowest BCUT2D eigenvalue weighted by Gasteiger charge is -2.29. The largest absolute Gasteiger partial charge is 0.464 e. The molecule has 184 valence electrons. The number of esters is 1. The number of nitrogens with zero attached hydrogens (tertiary/aromatic N) is 1. The molecule has 0 N–H and O–H groups in total. The Morgan fingerprint density at radius 1 is 0.710 bits per heavy atom. The number of carbonyl (C=O) groups is 2. The first-order chi connectivity index (χ1) is 14.8. The van der Waals surface area contributed by atoms with E-state index in [-0.39, 0.29) is 17.8 Å². The lowest BCUT2D eigenvalue weighted by Crippen LogP contribution is -2.47. The van der Waals surface area contributed by atoms with Crippen molar-refractivity contribution < 1.29 is 19.1 Å². The zero-order valence-electron chi connectivity index (χ0n) is 21.4. The van der Waals surface area contributed by atoms with Gasteiger partial charge in [0.05, 0.1) is 13.2 Å². The monoisotopic (exact) mass is 441 g/mol. The topological polar surface area (TPSA) is 55.8 Å². The fourth-order valence-electron chi connectivity index (χ4n) is 3.71. The van der Waals surface area contributed by atoms with Gasteiger partial charge < -0.3 is 9.47 Å². The van der Waals surface area contributed by atoms with Gasteiger partial charge in [0.1, 0.15) is 6.04 Å². The van der Waals surface area contributed by atoms with Gasteiger partial charge in [0, 0.05) is 7.05 Å². The van der Waals surface area contributed by atoms with Gasteiger partial charge in [-0.25, -0.2) is 9.59 Å². The Kier molecular flexibility index (Phi) is 18.6. The fraction of sp³-hybridized carbons (Fsp3) is 0.923. The molecule has 0 saturated carbocycles. The molecule has 31 heavy (non-hydrogen) atoms. The molecule has 0 heterocycles. The van der Waals surface area contributed by atoms with Gasteiger partial charge in [-0.05, 0) is 18.3 Å². The average molecular weight is 442 g/mol. The molecule has 0 aliphatic carbocycles. The molecule has 0 spiro atoms. The maximum atomic E-state index is 12.5. The van der Waals surface area contributed by atoms with E-state index in [1.165, 1.54) is 75.5 Å². The van der Waals surface area contributed by atoms with Crippen molar-refractivity contribution in [3.05, 3.63) is 0 Å².